The van der Waals surface area contributed by atoms with E-state index in [4.69, 9.17) is 0 Å². The maximum atomic E-state index is 13.8. The van der Waals surface area contributed by atoms with Gasteiger partial charge in [-0.05, 0) is 13.3 Å². The second-order valence-electron chi connectivity index (χ2n) is 3.90. The fourth-order valence-corrected chi connectivity index (χ4v) is 1.64. The quantitative estimate of drug-likeness (QED) is 0.472. The van der Waals surface area contributed by atoms with Gasteiger partial charge in [0.25, 0.3) is 0 Å². The summed E-state index contributed by atoms with van der Waals surface area (Å²) in [4.78, 5) is 19.0. The largest absolute Gasteiger partial charge is 0.338 e. The number of halogens is 3. The van der Waals surface area contributed by atoms with E-state index in [9.17, 15) is 33.5 Å². The van der Waals surface area contributed by atoms with Gasteiger partial charge in [0.2, 0.25) is 17.3 Å². The van der Waals surface area contributed by atoms with Crippen LogP contribution in [0.4, 0.5) is 30.3 Å². The average Bonchev–Trinajstić information content (AvgIpc) is 2.34. The smallest absolute Gasteiger partial charge is 0.258 e. The van der Waals surface area contributed by atoms with Crippen molar-refractivity contribution in [1.82, 2.24) is 0 Å². The Kier molecular flexibility index (Phi) is 4.48. The SMILES string of the molecule is CCCN(F)c1c([N+](=O)[O-])c(F)c(C)c(F)c1[N+](=O)[O-]. The van der Waals surface area contributed by atoms with Crippen LogP contribution in [0.3, 0.4) is 0 Å². The second-order valence-corrected chi connectivity index (χ2v) is 3.90. The van der Waals surface area contributed by atoms with Crippen molar-refractivity contribution in [3.05, 3.63) is 37.4 Å². The maximum absolute atomic E-state index is 13.8. The minimum absolute atomic E-state index is 0.127. The van der Waals surface area contributed by atoms with Crippen LogP contribution in [0, 0.1) is 38.8 Å². The molecule has 0 aliphatic rings. The van der Waals surface area contributed by atoms with Crippen LogP contribution < -0.4 is 5.12 Å². The Morgan fingerprint density at radius 3 is 1.80 bits per heavy atom. The van der Waals surface area contributed by atoms with Crippen LogP contribution in [0.25, 0.3) is 0 Å². The Labute approximate surface area is 110 Å². The molecular weight excluding hydrogens is 283 g/mol. The molecule has 0 atom stereocenters. The minimum Gasteiger partial charge on any atom is -0.258 e. The zero-order valence-corrected chi connectivity index (χ0v) is 10.5. The molecule has 0 spiro atoms. The number of hydrogen-bond donors (Lipinski definition) is 0. The molecule has 0 aliphatic carbocycles. The van der Waals surface area contributed by atoms with Crippen molar-refractivity contribution in [1.29, 1.82) is 0 Å². The highest BCUT2D eigenvalue weighted by molar-refractivity contribution is 5.76. The van der Waals surface area contributed by atoms with Crippen LogP contribution in [-0.4, -0.2) is 16.4 Å². The predicted molar refractivity (Wildman–Crippen MR) is 63.1 cm³/mol. The number of nitro groups is 2. The molecule has 110 valence electrons. The molecular formula is C10H10F3N3O4. The van der Waals surface area contributed by atoms with Crippen molar-refractivity contribution in [2.45, 2.75) is 20.3 Å². The van der Waals surface area contributed by atoms with E-state index in [-0.39, 0.29) is 11.5 Å². The summed E-state index contributed by atoms with van der Waals surface area (Å²) in [6.07, 6.45) is 0.127. The number of nitro benzene ring substituents is 2. The lowest BCUT2D eigenvalue weighted by molar-refractivity contribution is -0.396. The van der Waals surface area contributed by atoms with Crippen LogP contribution in [0.1, 0.15) is 18.9 Å². The fraction of sp³-hybridized carbons (Fsp3) is 0.400. The highest BCUT2D eigenvalue weighted by Crippen LogP contribution is 2.43. The van der Waals surface area contributed by atoms with Gasteiger partial charge in [-0.15, -0.1) is 0 Å². The Morgan fingerprint density at radius 1 is 1.10 bits per heavy atom. The lowest BCUT2D eigenvalue weighted by Crippen LogP contribution is -2.18. The van der Waals surface area contributed by atoms with Crippen molar-refractivity contribution in [3.63, 3.8) is 0 Å². The van der Waals surface area contributed by atoms with Crippen molar-refractivity contribution >= 4 is 17.1 Å². The normalized spacial score (nSPS) is 10.4. The van der Waals surface area contributed by atoms with Gasteiger partial charge in [0.05, 0.1) is 16.4 Å². The van der Waals surface area contributed by atoms with Crippen molar-refractivity contribution in [3.8, 4) is 0 Å². The van der Waals surface area contributed by atoms with Gasteiger partial charge in [-0.3, -0.25) is 20.2 Å². The monoisotopic (exact) mass is 293 g/mol. The standard InChI is InChI=1S/C10H10F3N3O4/c1-3-4-14(13)10-8(15(17)18)6(11)5(2)7(12)9(10)16(19)20/h3-4H2,1-2H3. The topological polar surface area (TPSA) is 89.5 Å². The van der Waals surface area contributed by atoms with Crippen LogP contribution in [0.2, 0.25) is 0 Å². The first-order valence-corrected chi connectivity index (χ1v) is 5.47. The van der Waals surface area contributed by atoms with Gasteiger partial charge in [-0.1, -0.05) is 11.4 Å². The first kappa shape index (κ1) is 15.7. The molecule has 0 bridgehead atoms. The molecule has 7 nitrogen and oxygen atoms in total. The predicted octanol–water partition coefficient (Wildman–Crippen LogP) is 3.19. The third-order valence-corrected chi connectivity index (χ3v) is 2.55. The fourth-order valence-electron chi connectivity index (χ4n) is 1.64. The molecule has 0 saturated heterocycles. The second kappa shape index (κ2) is 5.72. The summed E-state index contributed by atoms with van der Waals surface area (Å²) in [6, 6.07) is 0. The zero-order chi connectivity index (χ0) is 15.6. The summed E-state index contributed by atoms with van der Waals surface area (Å²) in [5.41, 5.74) is -5.13. The molecule has 10 heteroatoms. The first-order chi connectivity index (χ1) is 9.23. The molecule has 1 aromatic carbocycles. The summed E-state index contributed by atoms with van der Waals surface area (Å²) < 4.78 is 41.2. The van der Waals surface area contributed by atoms with Crippen LogP contribution in [-0.2, 0) is 0 Å². The molecule has 0 amide bonds. The van der Waals surface area contributed by atoms with Gasteiger partial charge in [0.1, 0.15) is 0 Å². The van der Waals surface area contributed by atoms with E-state index in [1.165, 1.54) is 6.92 Å². The Balaban J connectivity index is 3.82. The molecule has 0 N–H and O–H groups in total. The van der Waals surface area contributed by atoms with Crippen LogP contribution in [0.15, 0.2) is 0 Å². The van der Waals surface area contributed by atoms with Gasteiger partial charge in [0, 0.05) is 5.56 Å². The molecule has 0 aromatic heterocycles. The summed E-state index contributed by atoms with van der Waals surface area (Å²) in [6.45, 7) is 1.81. The van der Waals surface area contributed by atoms with E-state index < -0.39 is 50.7 Å². The summed E-state index contributed by atoms with van der Waals surface area (Å²) >= 11 is 0. The average molecular weight is 293 g/mol. The van der Waals surface area contributed by atoms with E-state index in [1.54, 1.807) is 0 Å². The molecule has 20 heavy (non-hydrogen) atoms. The number of benzene rings is 1. The van der Waals surface area contributed by atoms with Crippen LogP contribution in [0.5, 0.6) is 0 Å². The molecule has 0 aliphatic heterocycles. The first-order valence-electron chi connectivity index (χ1n) is 5.47. The van der Waals surface area contributed by atoms with Gasteiger partial charge in [-0.2, -0.15) is 13.9 Å². The molecule has 0 unspecified atom stereocenters. The number of anilines is 1. The number of rotatable bonds is 5. The van der Waals surface area contributed by atoms with E-state index in [0.29, 0.717) is 0 Å². The van der Waals surface area contributed by atoms with E-state index in [2.05, 4.69) is 0 Å². The van der Waals surface area contributed by atoms with Crippen molar-refractivity contribution in [2.75, 3.05) is 11.7 Å². The summed E-state index contributed by atoms with van der Waals surface area (Å²) in [7, 11) is 0. The summed E-state index contributed by atoms with van der Waals surface area (Å²) in [5, 5.41) is 21.2. The molecule has 1 aromatic rings. The van der Waals surface area contributed by atoms with E-state index >= 15 is 0 Å². The third-order valence-electron chi connectivity index (χ3n) is 2.55. The molecule has 0 saturated carbocycles. The lowest BCUT2D eigenvalue weighted by Gasteiger charge is -2.14. The van der Waals surface area contributed by atoms with E-state index in [0.717, 1.165) is 6.92 Å². The maximum Gasteiger partial charge on any atom is 0.338 e. The van der Waals surface area contributed by atoms with Crippen molar-refractivity contribution < 1.29 is 23.1 Å². The minimum atomic E-state index is -1.63. The molecule has 0 fully saturated rings. The summed E-state index contributed by atoms with van der Waals surface area (Å²) in [5.74, 6) is -3.27. The molecule has 1 rings (SSSR count). The van der Waals surface area contributed by atoms with Gasteiger partial charge < -0.3 is 0 Å². The zero-order valence-electron chi connectivity index (χ0n) is 10.5. The number of hydrogen-bond acceptors (Lipinski definition) is 5. The molecule has 0 radical (unpaired) electrons. The van der Waals surface area contributed by atoms with Crippen molar-refractivity contribution in [2.24, 2.45) is 0 Å². The Hall–Kier alpha value is -2.39. The van der Waals surface area contributed by atoms with E-state index in [1.807, 2.05) is 0 Å². The van der Waals surface area contributed by atoms with Gasteiger partial charge in [-0.25, -0.2) is 0 Å². The number of nitrogens with zero attached hydrogens (tertiary/aromatic N) is 3. The van der Waals surface area contributed by atoms with Gasteiger partial charge in [0.15, 0.2) is 0 Å². The Bertz CT molecular complexity index is 538. The highest BCUT2D eigenvalue weighted by atomic mass is 19.2. The third kappa shape index (κ3) is 2.49. The van der Waals surface area contributed by atoms with Crippen LogP contribution >= 0.6 is 0 Å². The Morgan fingerprint density at radius 2 is 1.50 bits per heavy atom. The molecule has 0 heterocycles. The lowest BCUT2D eigenvalue weighted by atomic mass is 10.1. The van der Waals surface area contributed by atoms with Gasteiger partial charge >= 0.3 is 11.4 Å². The highest BCUT2D eigenvalue weighted by Gasteiger charge is 2.39.